The predicted molar refractivity (Wildman–Crippen MR) is 67.1 cm³/mol. The van der Waals surface area contributed by atoms with Crippen LogP contribution < -0.4 is 4.74 Å². The van der Waals surface area contributed by atoms with Gasteiger partial charge in [-0.3, -0.25) is 0 Å². The van der Waals surface area contributed by atoms with Crippen LogP contribution in [-0.2, 0) is 4.74 Å². The minimum atomic E-state index is -0.198. The predicted octanol–water partition coefficient (Wildman–Crippen LogP) is 3.06. The highest BCUT2D eigenvalue weighted by molar-refractivity contribution is 5.44. The fraction of sp³-hybridized carbons (Fsp3) is 0.500. The largest absolute Gasteiger partial charge is 0.492 e. The minimum Gasteiger partial charge on any atom is -0.492 e. The second-order valence-corrected chi connectivity index (χ2v) is 4.67. The molecule has 0 N–H and O–H groups in total. The van der Waals surface area contributed by atoms with E-state index in [1.54, 1.807) is 13.2 Å². The van der Waals surface area contributed by atoms with Crippen LogP contribution in [0.3, 0.4) is 0 Å². The molecule has 0 unspecified atom stereocenters. The summed E-state index contributed by atoms with van der Waals surface area (Å²) in [6, 6.07) is 7.71. The fourth-order valence-corrected chi connectivity index (χ4v) is 1.35. The summed E-state index contributed by atoms with van der Waals surface area (Å²) in [5.41, 5.74) is 1.47. The van der Waals surface area contributed by atoms with Gasteiger partial charge >= 0.3 is 0 Å². The van der Waals surface area contributed by atoms with Crippen LogP contribution in [0.25, 0.3) is 0 Å². The maximum Gasteiger partial charge on any atom is 0.137 e. The summed E-state index contributed by atoms with van der Waals surface area (Å²) in [4.78, 5) is 0. The maximum absolute atomic E-state index is 8.96. The van der Waals surface area contributed by atoms with Gasteiger partial charge in [0.15, 0.2) is 0 Å². The Kier molecular flexibility index (Phi) is 4.53. The number of methoxy groups -OCH3 is 1. The van der Waals surface area contributed by atoms with Gasteiger partial charge in [0.25, 0.3) is 0 Å². The third kappa shape index (κ3) is 4.08. The number of benzene rings is 1. The van der Waals surface area contributed by atoms with Crippen molar-refractivity contribution in [2.24, 2.45) is 0 Å². The Morgan fingerprint density at radius 3 is 2.65 bits per heavy atom. The Morgan fingerprint density at radius 1 is 1.35 bits per heavy atom. The number of hydrogen-bond acceptors (Lipinski definition) is 3. The van der Waals surface area contributed by atoms with Crippen LogP contribution in [0, 0.1) is 18.3 Å². The molecule has 0 saturated carbocycles. The summed E-state index contributed by atoms with van der Waals surface area (Å²) >= 11 is 0. The van der Waals surface area contributed by atoms with E-state index in [0.29, 0.717) is 17.9 Å². The molecule has 3 nitrogen and oxygen atoms in total. The second kappa shape index (κ2) is 5.70. The van der Waals surface area contributed by atoms with Crippen LogP contribution in [0.4, 0.5) is 0 Å². The number of aryl methyl sites for hydroxylation is 1. The fourth-order valence-electron chi connectivity index (χ4n) is 1.35. The molecule has 0 bridgehead atoms. The van der Waals surface area contributed by atoms with E-state index in [0.717, 1.165) is 12.0 Å². The molecule has 0 aromatic heterocycles. The molecule has 0 fully saturated rings. The Hall–Kier alpha value is -1.53. The summed E-state index contributed by atoms with van der Waals surface area (Å²) in [6.07, 6.45) is 0.780. The van der Waals surface area contributed by atoms with Crippen molar-refractivity contribution >= 4 is 0 Å². The first-order chi connectivity index (χ1) is 7.98. The zero-order valence-electron chi connectivity index (χ0n) is 10.9. The highest BCUT2D eigenvalue weighted by Gasteiger charge is 2.16. The van der Waals surface area contributed by atoms with Crippen LogP contribution in [0.1, 0.15) is 31.4 Å². The van der Waals surface area contributed by atoms with Crippen molar-refractivity contribution < 1.29 is 9.47 Å². The summed E-state index contributed by atoms with van der Waals surface area (Å²) < 4.78 is 11.0. The van der Waals surface area contributed by atoms with Gasteiger partial charge in [-0.25, -0.2) is 0 Å². The molecule has 1 aromatic rings. The molecule has 1 rings (SSSR count). The minimum absolute atomic E-state index is 0.198. The molecular weight excluding hydrogens is 214 g/mol. The van der Waals surface area contributed by atoms with E-state index in [1.807, 2.05) is 32.9 Å². The van der Waals surface area contributed by atoms with Crippen LogP contribution in [0.2, 0.25) is 0 Å². The molecule has 0 aliphatic rings. The van der Waals surface area contributed by atoms with E-state index in [1.165, 1.54) is 0 Å². The van der Waals surface area contributed by atoms with E-state index in [9.17, 15) is 0 Å². The molecule has 92 valence electrons. The number of ether oxygens (including phenoxy) is 2. The van der Waals surface area contributed by atoms with Crippen molar-refractivity contribution in [3.8, 4) is 11.8 Å². The molecule has 0 radical (unpaired) electrons. The van der Waals surface area contributed by atoms with Crippen molar-refractivity contribution in [3.05, 3.63) is 29.3 Å². The van der Waals surface area contributed by atoms with Crippen molar-refractivity contribution in [2.75, 3.05) is 13.7 Å². The van der Waals surface area contributed by atoms with Gasteiger partial charge in [-0.1, -0.05) is 6.07 Å². The molecule has 3 heteroatoms. The summed E-state index contributed by atoms with van der Waals surface area (Å²) in [5.74, 6) is 0.652. The molecule has 1 aromatic carbocycles. The molecule has 0 spiro atoms. The molecule has 0 atom stereocenters. The molecule has 17 heavy (non-hydrogen) atoms. The van der Waals surface area contributed by atoms with E-state index >= 15 is 0 Å². The van der Waals surface area contributed by atoms with Crippen molar-refractivity contribution in [1.29, 1.82) is 5.26 Å². The van der Waals surface area contributed by atoms with Gasteiger partial charge in [-0.2, -0.15) is 5.26 Å². The highest BCUT2D eigenvalue weighted by atomic mass is 16.5. The number of nitrogens with zero attached hydrogens (tertiary/aromatic N) is 1. The number of hydrogen-bond donors (Lipinski definition) is 0. The Bertz CT molecular complexity index is 419. The van der Waals surface area contributed by atoms with Gasteiger partial charge in [0, 0.05) is 13.5 Å². The van der Waals surface area contributed by atoms with Crippen LogP contribution in [0.5, 0.6) is 5.75 Å². The van der Waals surface area contributed by atoms with E-state index in [4.69, 9.17) is 14.7 Å². The summed E-state index contributed by atoms with van der Waals surface area (Å²) in [7, 11) is 1.69. The van der Waals surface area contributed by atoms with E-state index in [2.05, 4.69) is 6.07 Å². The lowest BCUT2D eigenvalue weighted by Crippen LogP contribution is -2.25. The van der Waals surface area contributed by atoms with Crippen LogP contribution in [-0.4, -0.2) is 19.3 Å². The Labute approximate surface area is 103 Å². The normalized spacial score (nSPS) is 11.0. The summed E-state index contributed by atoms with van der Waals surface area (Å²) in [5, 5.41) is 8.96. The zero-order chi connectivity index (χ0) is 12.9. The average molecular weight is 233 g/mol. The van der Waals surface area contributed by atoms with E-state index in [-0.39, 0.29) is 5.60 Å². The molecule has 0 saturated heterocycles. The summed E-state index contributed by atoms with van der Waals surface area (Å²) in [6.45, 7) is 6.54. The Morgan fingerprint density at radius 2 is 2.06 bits per heavy atom. The van der Waals surface area contributed by atoms with Gasteiger partial charge in [0.2, 0.25) is 0 Å². The second-order valence-electron chi connectivity index (χ2n) is 4.67. The van der Waals surface area contributed by atoms with Crippen molar-refractivity contribution in [2.45, 2.75) is 32.8 Å². The molecule has 0 aliphatic carbocycles. The first-order valence-electron chi connectivity index (χ1n) is 5.67. The standard InChI is InChI=1S/C14H19NO2/c1-11-5-6-12(10-15)13(9-11)17-8-7-14(2,3)16-4/h5-6,9H,7-8H2,1-4H3. The quantitative estimate of drug-likeness (QED) is 0.785. The average Bonchev–Trinajstić information content (AvgIpc) is 2.29. The maximum atomic E-state index is 8.96. The molecular formula is C14H19NO2. The van der Waals surface area contributed by atoms with Gasteiger partial charge < -0.3 is 9.47 Å². The molecule has 0 amide bonds. The van der Waals surface area contributed by atoms with E-state index < -0.39 is 0 Å². The SMILES string of the molecule is COC(C)(C)CCOc1cc(C)ccc1C#N. The van der Waals surface area contributed by atoms with Crippen LogP contribution >= 0.6 is 0 Å². The van der Waals surface area contributed by atoms with Gasteiger partial charge in [-0.15, -0.1) is 0 Å². The lowest BCUT2D eigenvalue weighted by atomic mass is 10.1. The van der Waals surface area contributed by atoms with Crippen LogP contribution in [0.15, 0.2) is 18.2 Å². The van der Waals surface area contributed by atoms with Crippen molar-refractivity contribution in [3.63, 3.8) is 0 Å². The van der Waals surface area contributed by atoms with Crippen molar-refractivity contribution in [1.82, 2.24) is 0 Å². The monoisotopic (exact) mass is 233 g/mol. The third-order valence-corrected chi connectivity index (χ3v) is 2.77. The molecule has 0 heterocycles. The Balaban J connectivity index is 2.64. The first-order valence-corrected chi connectivity index (χ1v) is 5.67. The lowest BCUT2D eigenvalue weighted by Gasteiger charge is -2.22. The topological polar surface area (TPSA) is 42.2 Å². The van der Waals surface area contributed by atoms with Gasteiger partial charge in [0.05, 0.1) is 17.8 Å². The lowest BCUT2D eigenvalue weighted by molar-refractivity contribution is 0.00543. The highest BCUT2D eigenvalue weighted by Crippen LogP contribution is 2.21. The molecule has 0 aliphatic heterocycles. The van der Waals surface area contributed by atoms with Gasteiger partial charge in [-0.05, 0) is 38.5 Å². The zero-order valence-corrected chi connectivity index (χ0v) is 10.9. The van der Waals surface area contributed by atoms with Gasteiger partial charge in [0.1, 0.15) is 11.8 Å². The number of nitriles is 1. The third-order valence-electron chi connectivity index (χ3n) is 2.77. The first kappa shape index (κ1) is 13.5. The number of rotatable bonds is 5. The smallest absolute Gasteiger partial charge is 0.137 e.